The van der Waals surface area contributed by atoms with E-state index >= 15 is 0 Å². The van der Waals surface area contributed by atoms with Crippen LogP contribution in [-0.4, -0.2) is 137 Å². The molecule has 0 aromatic rings. The van der Waals surface area contributed by atoms with E-state index < -0.39 is 85.7 Å². The van der Waals surface area contributed by atoms with Gasteiger partial charge in [0.25, 0.3) is 0 Å². The zero-order valence-electron chi connectivity index (χ0n) is 14.7. The van der Waals surface area contributed by atoms with Gasteiger partial charge in [0.1, 0.15) is 54.4 Å². The van der Waals surface area contributed by atoms with Crippen LogP contribution in [-0.2, 0) is 9.47 Å². The predicted octanol–water partition coefficient (Wildman–Crippen LogP) is -8.03. The Bertz CT molecular complexity index is 510. The first-order valence-corrected chi connectivity index (χ1v) is 8.45. The van der Waals surface area contributed by atoms with Gasteiger partial charge < -0.3 is 72.0 Å². The Morgan fingerprint density at radius 1 is 0.714 bits per heavy atom. The summed E-state index contributed by atoms with van der Waals surface area (Å²) in [5, 5.41) is 101. The van der Waals surface area contributed by atoms with Gasteiger partial charge in [-0.15, -0.1) is 0 Å². The largest absolute Gasteiger partial charge is 0.394 e. The molecule has 0 saturated carbocycles. The van der Waals surface area contributed by atoms with E-state index in [1.807, 2.05) is 0 Å². The van der Waals surface area contributed by atoms with Crippen molar-refractivity contribution in [3.05, 3.63) is 0 Å². The molecule has 2 heterocycles. The van der Waals surface area contributed by atoms with E-state index in [1.165, 1.54) is 0 Å². The highest BCUT2D eigenvalue weighted by Crippen LogP contribution is 2.45. The van der Waals surface area contributed by atoms with E-state index in [1.54, 1.807) is 0 Å². The molecule has 0 amide bonds. The van der Waals surface area contributed by atoms with Crippen molar-refractivity contribution < 1.29 is 60.5 Å². The molecule has 166 valence electrons. The number of nitrogens with two attached hydrogens (primary N) is 2. The maximum Gasteiger partial charge on any atom is 0.220 e. The number of ether oxygens (including phenoxy) is 2. The summed E-state index contributed by atoms with van der Waals surface area (Å²) in [5.74, 6) is -6.49. The summed E-state index contributed by atoms with van der Waals surface area (Å²) in [6, 6.07) is 0. The van der Waals surface area contributed by atoms with Gasteiger partial charge in [-0.1, -0.05) is 0 Å². The summed E-state index contributed by atoms with van der Waals surface area (Å²) in [5.41, 5.74) is 8.63. The van der Waals surface area contributed by atoms with Gasteiger partial charge in [-0.25, -0.2) is 0 Å². The third-order valence-corrected chi connectivity index (χ3v) is 5.53. The van der Waals surface area contributed by atoms with Crippen LogP contribution in [0.1, 0.15) is 0 Å². The first kappa shape index (κ1) is 23.7. The van der Waals surface area contributed by atoms with E-state index in [0.717, 1.165) is 0 Å². The van der Waals surface area contributed by atoms with E-state index in [2.05, 4.69) is 0 Å². The lowest BCUT2D eigenvalue weighted by Crippen LogP contribution is -2.88. The minimum absolute atomic E-state index is 0.962. The molecule has 0 aromatic heterocycles. The molecule has 2 saturated heterocycles. The predicted molar refractivity (Wildman–Crippen MR) is 85.8 cm³/mol. The van der Waals surface area contributed by atoms with Gasteiger partial charge in [-0.3, -0.25) is 0 Å². The summed E-state index contributed by atoms with van der Waals surface area (Å²) >= 11 is 0. The minimum Gasteiger partial charge on any atom is -0.394 e. The Morgan fingerprint density at radius 2 is 1.04 bits per heavy atom. The summed E-state index contributed by atoms with van der Waals surface area (Å²) in [4.78, 5) is 0. The molecule has 2 rings (SSSR count). The number of hydrogen-bond acceptors (Lipinski definition) is 14. The zero-order valence-corrected chi connectivity index (χ0v) is 14.7. The minimum atomic E-state index is -3.24. The Morgan fingerprint density at radius 3 is 1.29 bits per heavy atom. The fourth-order valence-electron chi connectivity index (χ4n) is 3.59. The molecule has 28 heavy (non-hydrogen) atoms. The van der Waals surface area contributed by atoms with Gasteiger partial charge in [0.05, 0.1) is 13.2 Å². The molecule has 0 aliphatic carbocycles. The lowest BCUT2D eigenvalue weighted by atomic mass is 9.70. The quantitative estimate of drug-likeness (QED) is 0.198. The average molecular weight is 416 g/mol. The molecule has 0 aromatic carbocycles. The number of hydrogen-bond donors (Lipinski definition) is 12. The van der Waals surface area contributed by atoms with Crippen molar-refractivity contribution in [1.82, 2.24) is 0 Å². The molecule has 2 fully saturated rings. The van der Waals surface area contributed by atoms with E-state index in [9.17, 15) is 51.1 Å². The monoisotopic (exact) mass is 416 g/mol. The van der Waals surface area contributed by atoms with Crippen LogP contribution in [0.4, 0.5) is 0 Å². The fourth-order valence-corrected chi connectivity index (χ4v) is 3.59. The lowest BCUT2D eigenvalue weighted by Gasteiger charge is -2.60. The van der Waals surface area contributed by atoms with Crippen LogP contribution in [0.2, 0.25) is 0 Å². The average Bonchev–Trinajstić information content (AvgIpc) is 2.69. The Kier molecular flexibility index (Phi) is 6.72. The van der Waals surface area contributed by atoms with Crippen LogP contribution in [0.15, 0.2) is 0 Å². The number of aliphatic hydroxyl groups excluding tert-OH is 8. The third-order valence-electron chi connectivity index (χ3n) is 5.53. The van der Waals surface area contributed by atoms with Crippen molar-refractivity contribution in [2.24, 2.45) is 11.5 Å². The maximum absolute atomic E-state index is 11.0. The topological polar surface area (TPSA) is 273 Å². The first-order valence-electron chi connectivity index (χ1n) is 8.45. The van der Waals surface area contributed by atoms with Gasteiger partial charge in [-0.2, -0.15) is 0 Å². The van der Waals surface area contributed by atoms with Crippen molar-refractivity contribution >= 4 is 0 Å². The smallest absolute Gasteiger partial charge is 0.220 e. The Labute approximate surface area is 158 Å². The summed E-state index contributed by atoms with van der Waals surface area (Å²) in [6.07, 6.45) is -16.3. The first-order chi connectivity index (χ1) is 12.9. The lowest BCUT2D eigenvalue weighted by molar-refractivity contribution is -0.440. The fraction of sp³-hybridized carbons (Fsp3) is 1.00. The van der Waals surface area contributed by atoms with Crippen LogP contribution in [0.3, 0.4) is 0 Å². The Balaban J connectivity index is 2.58. The van der Waals surface area contributed by atoms with Crippen LogP contribution in [0.5, 0.6) is 0 Å². The molecule has 14 heteroatoms. The van der Waals surface area contributed by atoms with Crippen molar-refractivity contribution in [1.29, 1.82) is 0 Å². The van der Waals surface area contributed by atoms with Gasteiger partial charge in [0.15, 0.2) is 0 Å². The van der Waals surface area contributed by atoms with Crippen molar-refractivity contribution in [2.45, 2.75) is 65.9 Å². The summed E-state index contributed by atoms with van der Waals surface area (Å²) in [7, 11) is 0. The van der Waals surface area contributed by atoms with Gasteiger partial charge >= 0.3 is 0 Å². The molecule has 14 nitrogen and oxygen atoms in total. The van der Waals surface area contributed by atoms with Crippen molar-refractivity contribution in [2.75, 3.05) is 19.8 Å². The van der Waals surface area contributed by atoms with Gasteiger partial charge in [-0.05, 0) is 0 Å². The van der Waals surface area contributed by atoms with E-state index in [0.29, 0.717) is 0 Å². The van der Waals surface area contributed by atoms with Crippen LogP contribution in [0, 0.1) is 0 Å². The number of aliphatic hydroxyl groups is 10. The van der Waals surface area contributed by atoms with Gasteiger partial charge in [0.2, 0.25) is 11.6 Å². The molecule has 0 radical (unpaired) electrons. The highest BCUT2D eigenvalue weighted by Gasteiger charge is 2.73. The van der Waals surface area contributed by atoms with Crippen molar-refractivity contribution in [3.63, 3.8) is 0 Å². The maximum atomic E-state index is 11.0. The van der Waals surface area contributed by atoms with Gasteiger partial charge in [0, 0.05) is 6.54 Å². The standard InChI is InChI=1S/C14H28N2O12/c15-3-12(16,13(25)10(23)8(21)6(19)4(1-17)27-13)14(26)11(24)9(22)7(20)5(2-18)28-14/h4-11,17-26H,1-3,15-16H2/t4-,5-,6-,7-,8+,9+,10-,11-,12?,13?,14?/m1/s1. The summed E-state index contributed by atoms with van der Waals surface area (Å²) < 4.78 is 10.1. The number of rotatable bonds is 5. The molecule has 0 bridgehead atoms. The second-order valence-corrected chi connectivity index (χ2v) is 7.10. The normalized spacial score (nSPS) is 52.3. The second-order valence-electron chi connectivity index (χ2n) is 7.10. The zero-order chi connectivity index (χ0) is 21.7. The Hall–Kier alpha value is -0.560. The highest BCUT2D eigenvalue weighted by atomic mass is 16.7. The second kappa shape index (κ2) is 7.93. The summed E-state index contributed by atoms with van der Waals surface area (Å²) in [6.45, 7) is -2.94. The highest BCUT2D eigenvalue weighted by molar-refractivity contribution is 5.19. The SMILES string of the molecule is NCC(N)(C1(O)O[C@H](CO)[C@@H](O)[C@H](O)[C@H]1O)C1(O)O[C@H](CO)[C@@H](O)[C@H](O)[C@H]1O. The van der Waals surface area contributed by atoms with Crippen LogP contribution in [0.25, 0.3) is 0 Å². The molecular formula is C14H28N2O12. The molecule has 2 aliphatic heterocycles. The third kappa shape index (κ3) is 3.06. The van der Waals surface area contributed by atoms with Crippen LogP contribution >= 0.6 is 0 Å². The van der Waals surface area contributed by atoms with E-state index in [4.69, 9.17) is 20.9 Å². The van der Waals surface area contributed by atoms with Crippen LogP contribution < -0.4 is 11.5 Å². The van der Waals surface area contributed by atoms with E-state index in [-0.39, 0.29) is 0 Å². The molecule has 14 N–H and O–H groups in total. The molecule has 2 unspecified atom stereocenters. The molecule has 0 spiro atoms. The molecular weight excluding hydrogens is 388 g/mol. The molecule has 10 atom stereocenters. The molecule has 2 aliphatic rings. The van der Waals surface area contributed by atoms with Crippen molar-refractivity contribution in [3.8, 4) is 0 Å².